The third kappa shape index (κ3) is 2.94. The second-order valence-corrected chi connectivity index (χ2v) is 14.9. The van der Waals surface area contributed by atoms with E-state index in [0.29, 0.717) is 23.1 Å². The Kier molecular flexibility index (Phi) is 4.25. The van der Waals surface area contributed by atoms with Gasteiger partial charge in [-0.3, -0.25) is 0 Å². The van der Waals surface area contributed by atoms with Crippen molar-refractivity contribution in [1.82, 2.24) is 9.55 Å². The number of imidazole rings is 1. The zero-order valence-electron chi connectivity index (χ0n) is 16.1. The molecular formula is C20H30N2OSSi. The third-order valence-electron chi connectivity index (χ3n) is 6.64. The maximum Gasteiger partial charge on any atom is 0.192 e. The first-order valence-electron chi connectivity index (χ1n) is 9.55. The number of fused-ring (bicyclic) bond motifs is 3. The lowest BCUT2D eigenvalue weighted by molar-refractivity contribution is 0.107. The van der Waals surface area contributed by atoms with Crippen LogP contribution in [-0.4, -0.2) is 24.0 Å². The average molecular weight is 375 g/mol. The summed E-state index contributed by atoms with van der Waals surface area (Å²) in [6.07, 6.45) is 9.46. The molecule has 1 saturated carbocycles. The van der Waals surface area contributed by atoms with Gasteiger partial charge >= 0.3 is 0 Å². The summed E-state index contributed by atoms with van der Waals surface area (Å²) in [5.74, 6) is 0.715. The van der Waals surface area contributed by atoms with Crippen LogP contribution < -0.4 is 0 Å². The van der Waals surface area contributed by atoms with E-state index < -0.39 is 8.32 Å². The van der Waals surface area contributed by atoms with Gasteiger partial charge in [-0.2, -0.15) is 0 Å². The van der Waals surface area contributed by atoms with E-state index in [2.05, 4.69) is 54.9 Å². The fourth-order valence-electron chi connectivity index (χ4n) is 4.18. The molecule has 25 heavy (non-hydrogen) atoms. The van der Waals surface area contributed by atoms with E-state index >= 15 is 0 Å². The molecule has 0 aromatic carbocycles. The number of hydrogen-bond donors (Lipinski definition) is 0. The zero-order valence-corrected chi connectivity index (χ0v) is 17.9. The van der Waals surface area contributed by atoms with Crippen molar-refractivity contribution in [2.75, 3.05) is 0 Å². The fourth-order valence-corrected chi connectivity index (χ4v) is 6.70. The summed E-state index contributed by atoms with van der Waals surface area (Å²) >= 11 is 1.92. The van der Waals surface area contributed by atoms with Crippen LogP contribution in [0.3, 0.4) is 0 Å². The molecule has 1 fully saturated rings. The lowest BCUT2D eigenvalue weighted by Crippen LogP contribution is -2.45. The Morgan fingerprint density at radius 3 is 2.60 bits per heavy atom. The summed E-state index contributed by atoms with van der Waals surface area (Å²) in [7, 11) is -1.65. The number of hydrogen-bond acceptors (Lipinski definition) is 3. The van der Waals surface area contributed by atoms with Crippen LogP contribution in [0.2, 0.25) is 18.1 Å². The fraction of sp³-hybridized carbons (Fsp3) is 0.650. The minimum atomic E-state index is -1.65. The van der Waals surface area contributed by atoms with Gasteiger partial charge in [-0.15, -0.1) is 11.3 Å². The first-order chi connectivity index (χ1) is 11.8. The van der Waals surface area contributed by atoms with Gasteiger partial charge in [0.1, 0.15) is 0 Å². The smallest absolute Gasteiger partial charge is 0.192 e. The molecule has 2 aliphatic rings. The van der Waals surface area contributed by atoms with E-state index in [9.17, 15) is 0 Å². The van der Waals surface area contributed by atoms with E-state index in [1.807, 2.05) is 23.9 Å². The summed E-state index contributed by atoms with van der Waals surface area (Å²) in [6.45, 7) is 11.8. The van der Waals surface area contributed by atoms with Gasteiger partial charge in [0.05, 0.1) is 24.3 Å². The summed E-state index contributed by atoms with van der Waals surface area (Å²) in [5, 5.41) is 2.53. The van der Waals surface area contributed by atoms with Crippen molar-refractivity contribution in [2.24, 2.45) is 5.92 Å². The molecule has 0 bridgehead atoms. The van der Waals surface area contributed by atoms with Crippen molar-refractivity contribution >= 4 is 19.7 Å². The van der Waals surface area contributed by atoms with Gasteiger partial charge in [0.25, 0.3) is 0 Å². The Bertz CT molecular complexity index is 710. The molecule has 136 valence electrons. The molecule has 2 aromatic rings. The molecule has 4 rings (SSSR count). The van der Waals surface area contributed by atoms with Crippen LogP contribution in [0.25, 0.3) is 11.3 Å². The van der Waals surface area contributed by atoms with E-state index in [4.69, 9.17) is 4.43 Å². The highest BCUT2D eigenvalue weighted by Gasteiger charge is 2.42. The monoisotopic (exact) mass is 374 g/mol. The predicted octanol–water partition coefficient (Wildman–Crippen LogP) is 6.10. The normalized spacial score (nSPS) is 26.5. The molecule has 1 aliphatic heterocycles. The molecule has 0 radical (unpaired) electrons. The standard InChI is InChI=1S/C20H30N2OSSi/c1-20(2,3)25(4,5)23-15-8-6-14(7-9-15)18-19-16(10-11-24-19)17-12-21-13-22(17)18/h10-15,18H,6-9H2,1-5H3. The lowest BCUT2D eigenvalue weighted by atomic mass is 9.82. The van der Waals surface area contributed by atoms with Gasteiger partial charge < -0.3 is 8.99 Å². The first-order valence-corrected chi connectivity index (χ1v) is 13.3. The molecule has 2 aromatic heterocycles. The molecular weight excluding hydrogens is 344 g/mol. The van der Waals surface area contributed by atoms with Gasteiger partial charge in [0.15, 0.2) is 8.32 Å². The zero-order chi connectivity index (χ0) is 17.8. The molecule has 1 aliphatic carbocycles. The van der Waals surface area contributed by atoms with Crippen LogP contribution in [0.4, 0.5) is 0 Å². The van der Waals surface area contributed by atoms with E-state index in [1.54, 1.807) is 4.88 Å². The molecule has 5 heteroatoms. The highest BCUT2D eigenvalue weighted by atomic mass is 32.1. The maximum absolute atomic E-state index is 6.69. The van der Waals surface area contributed by atoms with Crippen LogP contribution >= 0.6 is 11.3 Å². The Morgan fingerprint density at radius 1 is 1.20 bits per heavy atom. The van der Waals surface area contributed by atoms with Gasteiger partial charge in [0.2, 0.25) is 0 Å². The molecule has 0 saturated heterocycles. The van der Waals surface area contributed by atoms with E-state index in [-0.39, 0.29) is 0 Å². The Labute approximate surface area is 156 Å². The van der Waals surface area contributed by atoms with Crippen molar-refractivity contribution < 1.29 is 4.43 Å². The Morgan fingerprint density at radius 2 is 1.92 bits per heavy atom. The highest BCUT2D eigenvalue weighted by molar-refractivity contribution is 7.10. The summed E-state index contributed by atoms with van der Waals surface area (Å²) in [6, 6.07) is 2.76. The first kappa shape index (κ1) is 17.5. The topological polar surface area (TPSA) is 27.1 Å². The second-order valence-electron chi connectivity index (χ2n) is 9.24. The number of thiophene rings is 1. The van der Waals surface area contributed by atoms with Crippen LogP contribution in [-0.2, 0) is 4.43 Å². The molecule has 1 atom stereocenters. The number of aromatic nitrogens is 2. The second kappa shape index (κ2) is 6.07. The maximum atomic E-state index is 6.69. The van der Waals surface area contributed by atoms with Crippen molar-refractivity contribution in [2.45, 2.75) is 76.7 Å². The quantitative estimate of drug-likeness (QED) is 0.607. The largest absolute Gasteiger partial charge is 0.414 e. The van der Waals surface area contributed by atoms with Crippen molar-refractivity contribution in [3.8, 4) is 11.3 Å². The van der Waals surface area contributed by atoms with Crippen molar-refractivity contribution in [3.05, 3.63) is 28.8 Å². The van der Waals surface area contributed by atoms with Gasteiger partial charge in [-0.1, -0.05) is 20.8 Å². The van der Waals surface area contributed by atoms with Crippen LogP contribution in [0.5, 0.6) is 0 Å². The van der Waals surface area contributed by atoms with E-state index in [0.717, 1.165) is 0 Å². The summed E-state index contributed by atoms with van der Waals surface area (Å²) in [5.41, 5.74) is 2.72. The minimum Gasteiger partial charge on any atom is -0.414 e. The Hall–Kier alpha value is -0.913. The molecule has 1 unspecified atom stereocenters. The van der Waals surface area contributed by atoms with Crippen molar-refractivity contribution in [1.29, 1.82) is 0 Å². The van der Waals surface area contributed by atoms with E-state index in [1.165, 1.54) is 36.9 Å². The average Bonchev–Trinajstić information content (AvgIpc) is 3.20. The van der Waals surface area contributed by atoms with Gasteiger partial charge in [-0.05, 0) is 61.2 Å². The SMILES string of the molecule is CC(C)(C)[Si](C)(C)OC1CCC(C2c3sccc3-c3cncn32)CC1. The van der Waals surface area contributed by atoms with Crippen LogP contribution in [0, 0.1) is 5.92 Å². The minimum absolute atomic E-state index is 0.298. The predicted molar refractivity (Wildman–Crippen MR) is 108 cm³/mol. The summed E-state index contributed by atoms with van der Waals surface area (Å²) < 4.78 is 9.10. The molecule has 3 nitrogen and oxygen atoms in total. The Balaban J connectivity index is 1.45. The number of rotatable bonds is 3. The highest BCUT2D eigenvalue weighted by Crippen LogP contribution is 2.50. The third-order valence-corrected chi connectivity index (χ3v) is 12.2. The van der Waals surface area contributed by atoms with Gasteiger partial charge in [0, 0.05) is 16.5 Å². The molecule has 3 heterocycles. The lowest BCUT2D eigenvalue weighted by Gasteiger charge is -2.42. The van der Waals surface area contributed by atoms with Crippen molar-refractivity contribution in [3.63, 3.8) is 0 Å². The van der Waals surface area contributed by atoms with Crippen LogP contribution in [0.15, 0.2) is 24.0 Å². The summed E-state index contributed by atoms with van der Waals surface area (Å²) in [4.78, 5) is 5.95. The molecule has 0 spiro atoms. The van der Waals surface area contributed by atoms with Gasteiger partial charge in [-0.25, -0.2) is 4.98 Å². The number of nitrogens with zero attached hydrogens (tertiary/aromatic N) is 2. The van der Waals surface area contributed by atoms with Crippen LogP contribution in [0.1, 0.15) is 57.4 Å². The molecule has 0 N–H and O–H groups in total. The molecule has 0 amide bonds.